The lowest BCUT2D eigenvalue weighted by Crippen LogP contribution is -2.35. The molecule has 4 rings (SSSR count). The lowest BCUT2D eigenvalue weighted by Gasteiger charge is -2.27. The lowest BCUT2D eigenvalue weighted by molar-refractivity contribution is -0.121. The molecule has 2 aliphatic heterocycles. The predicted octanol–water partition coefficient (Wildman–Crippen LogP) is 3.59. The van der Waals surface area contributed by atoms with Crippen LogP contribution in [0.25, 0.3) is 0 Å². The van der Waals surface area contributed by atoms with Crippen molar-refractivity contribution in [2.24, 2.45) is 0 Å². The van der Waals surface area contributed by atoms with Gasteiger partial charge < -0.3 is 10.2 Å². The fourth-order valence-electron chi connectivity index (χ4n) is 4.05. The Morgan fingerprint density at radius 2 is 1.70 bits per heavy atom. The van der Waals surface area contributed by atoms with Gasteiger partial charge in [0.25, 0.3) is 0 Å². The minimum Gasteiger partial charge on any atom is -0.324 e. The minimum atomic E-state index is -0.286. The van der Waals surface area contributed by atoms with Crippen LogP contribution in [0.3, 0.4) is 0 Å². The van der Waals surface area contributed by atoms with Gasteiger partial charge >= 0.3 is 0 Å². The van der Waals surface area contributed by atoms with Crippen molar-refractivity contribution in [1.82, 2.24) is 4.90 Å². The highest BCUT2D eigenvalue weighted by atomic mass is 16.2. The summed E-state index contributed by atoms with van der Waals surface area (Å²) in [5.41, 5.74) is 2.60. The van der Waals surface area contributed by atoms with E-state index >= 15 is 0 Å². The molecule has 140 valence electrons. The maximum atomic E-state index is 13.2. The fourth-order valence-corrected chi connectivity index (χ4v) is 4.05. The summed E-state index contributed by atoms with van der Waals surface area (Å²) in [7, 11) is 0. The highest BCUT2D eigenvalue weighted by Crippen LogP contribution is 2.28. The molecule has 0 spiro atoms. The molecular formula is C22H25N3O2. The second kappa shape index (κ2) is 7.92. The normalized spacial score (nSPS) is 18.7. The third-order valence-electron chi connectivity index (χ3n) is 5.37. The van der Waals surface area contributed by atoms with Crippen molar-refractivity contribution in [2.45, 2.75) is 31.7 Å². The Kier molecular flexibility index (Phi) is 5.21. The van der Waals surface area contributed by atoms with Crippen LogP contribution >= 0.6 is 0 Å². The van der Waals surface area contributed by atoms with Crippen LogP contribution in [0.15, 0.2) is 54.6 Å². The smallest absolute Gasteiger partial charge is 0.246 e. The summed E-state index contributed by atoms with van der Waals surface area (Å²) in [4.78, 5) is 29.2. The third-order valence-corrected chi connectivity index (χ3v) is 5.37. The zero-order valence-corrected chi connectivity index (χ0v) is 15.4. The first-order valence-electron chi connectivity index (χ1n) is 9.73. The van der Waals surface area contributed by atoms with Gasteiger partial charge in [-0.1, -0.05) is 36.4 Å². The summed E-state index contributed by atoms with van der Waals surface area (Å²) in [6.07, 6.45) is 3.74. The van der Waals surface area contributed by atoms with Crippen molar-refractivity contribution in [3.05, 3.63) is 60.2 Å². The van der Waals surface area contributed by atoms with Crippen LogP contribution in [0, 0.1) is 0 Å². The molecule has 2 aromatic carbocycles. The maximum absolute atomic E-state index is 13.2. The summed E-state index contributed by atoms with van der Waals surface area (Å²) in [6.45, 7) is 2.63. The van der Waals surface area contributed by atoms with Gasteiger partial charge in [0.2, 0.25) is 11.8 Å². The minimum absolute atomic E-state index is 0.0204. The number of rotatable bonds is 5. The highest BCUT2D eigenvalue weighted by Gasteiger charge is 2.30. The van der Waals surface area contributed by atoms with E-state index in [2.05, 4.69) is 10.2 Å². The molecule has 2 saturated heterocycles. The molecule has 1 unspecified atom stereocenters. The monoisotopic (exact) mass is 363 g/mol. The van der Waals surface area contributed by atoms with Gasteiger partial charge in [-0.25, -0.2) is 0 Å². The van der Waals surface area contributed by atoms with Crippen LogP contribution in [0.2, 0.25) is 0 Å². The van der Waals surface area contributed by atoms with E-state index in [9.17, 15) is 9.59 Å². The number of hydrogen-bond donors (Lipinski definition) is 1. The number of anilines is 2. The Balaban J connectivity index is 1.55. The first-order chi connectivity index (χ1) is 13.2. The number of hydrogen-bond acceptors (Lipinski definition) is 3. The largest absolute Gasteiger partial charge is 0.324 e. The van der Waals surface area contributed by atoms with E-state index in [0.29, 0.717) is 6.42 Å². The van der Waals surface area contributed by atoms with Crippen LogP contribution in [-0.2, 0) is 9.59 Å². The van der Waals surface area contributed by atoms with Crippen LogP contribution in [0.5, 0.6) is 0 Å². The van der Waals surface area contributed by atoms with E-state index in [1.807, 2.05) is 54.6 Å². The van der Waals surface area contributed by atoms with E-state index in [0.717, 1.165) is 55.8 Å². The first-order valence-corrected chi connectivity index (χ1v) is 9.73. The van der Waals surface area contributed by atoms with Crippen molar-refractivity contribution in [1.29, 1.82) is 0 Å². The van der Waals surface area contributed by atoms with Crippen LogP contribution in [-0.4, -0.2) is 36.3 Å². The lowest BCUT2D eigenvalue weighted by atomic mass is 10.0. The summed E-state index contributed by atoms with van der Waals surface area (Å²) in [6, 6.07) is 17.3. The van der Waals surface area contributed by atoms with Gasteiger partial charge in [-0.2, -0.15) is 0 Å². The second-order valence-electron chi connectivity index (χ2n) is 7.24. The van der Waals surface area contributed by atoms with E-state index in [1.165, 1.54) is 0 Å². The Labute approximate surface area is 160 Å². The molecule has 1 atom stereocenters. The van der Waals surface area contributed by atoms with Gasteiger partial charge in [0.05, 0.1) is 0 Å². The summed E-state index contributed by atoms with van der Waals surface area (Å²) in [5, 5.41) is 3.08. The predicted molar refractivity (Wildman–Crippen MR) is 107 cm³/mol. The van der Waals surface area contributed by atoms with Crippen molar-refractivity contribution >= 4 is 23.2 Å². The fraction of sp³-hybridized carbons (Fsp3) is 0.364. The molecular weight excluding hydrogens is 338 g/mol. The van der Waals surface area contributed by atoms with Crippen molar-refractivity contribution in [2.75, 3.05) is 29.9 Å². The number of likely N-dealkylation sites (tertiary alicyclic amines) is 1. The summed E-state index contributed by atoms with van der Waals surface area (Å²) >= 11 is 0. The molecule has 0 bridgehead atoms. The first kappa shape index (κ1) is 17.7. The van der Waals surface area contributed by atoms with Crippen molar-refractivity contribution < 1.29 is 9.59 Å². The number of nitrogens with zero attached hydrogens (tertiary/aromatic N) is 2. The van der Waals surface area contributed by atoms with Gasteiger partial charge in [-0.15, -0.1) is 0 Å². The van der Waals surface area contributed by atoms with E-state index in [-0.39, 0.29) is 17.9 Å². The zero-order chi connectivity index (χ0) is 18.6. The molecule has 27 heavy (non-hydrogen) atoms. The molecule has 2 aromatic rings. The average Bonchev–Trinajstić information content (AvgIpc) is 3.35. The van der Waals surface area contributed by atoms with E-state index < -0.39 is 0 Å². The quantitative estimate of drug-likeness (QED) is 0.883. The second-order valence-corrected chi connectivity index (χ2v) is 7.24. The Hall–Kier alpha value is -2.66. The standard InChI is InChI=1S/C22H25N3O2/c26-20-12-7-15-25(20)19-11-6-10-18(16-19)23-22(27)21(24-13-4-5-14-24)17-8-2-1-3-9-17/h1-3,6,8-11,16,21H,4-5,7,12-15H2,(H,23,27). The molecule has 0 radical (unpaired) electrons. The van der Waals surface area contributed by atoms with Gasteiger partial charge in [0.1, 0.15) is 6.04 Å². The Bertz CT molecular complexity index is 815. The van der Waals surface area contributed by atoms with Crippen molar-refractivity contribution in [3.63, 3.8) is 0 Å². The maximum Gasteiger partial charge on any atom is 0.246 e. The van der Waals surface area contributed by atoms with Gasteiger partial charge in [0.15, 0.2) is 0 Å². The molecule has 2 heterocycles. The topological polar surface area (TPSA) is 52.7 Å². The number of carbonyl (C=O) groups is 2. The van der Waals surface area contributed by atoms with E-state index in [1.54, 1.807) is 4.90 Å². The number of nitrogens with one attached hydrogen (secondary N) is 1. The Morgan fingerprint density at radius 3 is 2.41 bits per heavy atom. The molecule has 0 aliphatic carbocycles. The van der Waals surface area contributed by atoms with Crippen LogP contribution in [0.1, 0.15) is 37.3 Å². The molecule has 2 fully saturated rings. The number of amides is 2. The van der Waals surface area contributed by atoms with E-state index in [4.69, 9.17) is 0 Å². The number of carbonyl (C=O) groups excluding carboxylic acids is 2. The molecule has 2 aliphatic rings. The van der Waals surface area contributed by atoms with Crippen LogP contribution < -0.4 is 10.2 Å². The number of benzene rings is 2. The average molecular weight is 363 g/mol. The molecule has 0 saturated carbocycles. The molecule has 5 nitrogen and oxygen atoms in total. The zero-order valence-electron chi connectivity index (χ0n) is 15.4. The third kappa shape index (κ3) is 3.88. The van der Waals surface area contributed by atoms with Gasteiger partial charge in [-0.05, 0) is 56.1 Å². The summed E-state index contributed by atoms with van der Waals surface area (Å²) < 4.78 is 0. The van der Waals surface area contributed by atoms with Crippen molar-refractivity contribution in [3.8, 4) is 0 Å². The summed E-state index contributed by atoms with van der Waals surface area (Å²) in [5.74, 6) is 0.130. The molecule has 5 heteroatoms. The van der Waals surface area contributed by atoms with Gasteiger partial charge in [-0.3, -0.25) is 14.5 Å². The molecule has 0 aromatic heterocycles. The molecule has 1 N–H and O–H groups in total. The van der Waals surface area contributed by atoms with Crippen LogP contribution in [0.4, 0.5) is 11.4 Å². The van der Waals surface area contributed by atoms with Gasteiger partial charge in [0, 0.05) is 24.3 Å². The SMILES string of the molecule is O=C(Nc1cccc(N2CCCC2=O)c1)C(c1ccccc1)N1CCCC1. The Morgan fingerprint density at radius 1 is 0.926 bits per heavy atom. The highest BCUT2D eigenvalue weighted by molar-refractivity contribution is 5.98. The molecule has 2 amide bonds.